The number of amides is 1. The highest BCUT2D eigenvalue weighted by Gasteiger charge is 2.36. The molecule has 0 saturated heterocycles. The Morgan fingerprint density at radius 2 is 1.83 bits per heavy atom. The molecule has 0 radical (unpaired) electrons. The van der Waals surface area contributed by atoms with Crippen LogP contribution in [0.4, 0.5) is 0 Å². The molecular weight excluding hydrogens is 498 g/mol. The van der Waals surface area contributed by atoms with E-state index in [0.717, 1.165) is 22.4 Å². The third-order valence-electron chi connectivity index (χ3n) is 5.30. The number of halogens is 1. The molecule has 3 heterocycles. The first-order chi connectivity index (χ1) is 17.5. The highest BCUT2D eigenvalue weighted by Crippen LogP contribution is 2.30. The molecule has 1 amide bonds. The summed E-state index contributed by atoms with van der Waals surface area (Å²) in [5.41, 5.74) is 2.66. The number of carbonyl (C=O) groups excluding carboxylic acids is 1. The molecule has 0 aliphatic carbocycles. The van der Waals surface area contributed by atoms with Gasteiger partial charge in [-0.3, -0.25) is 15.2 Å². The number of ether oxygens (including phenoxy) is 2. The van der Waals surface area contributed by atoms with Gasteiger partial charge in [-0.15, -0.1) is 0 Å². The number of nitrogens with one attached hydrogen (secondary N) is 1. The molecule has 0 saturated carbocycles. The maximum Gasteiger partial charge on any atom is 0.283 e. The smallest absolute Gasteiger partial charge is 0.283 e. The Balaban J connectivity index is 1.21. The SMILES string of the molecule is Cc1cc(OCCOc2ccc(C=C3C(=N)N4N=C(c5cccnc5)SC4=NC3=O)cc2)ccc1Cl. The molecule has 1 aromatic heterocycles. The fourth-order valence-electron chi connectivity index (χ4n) is 3.45. The molecule has 0 unspecified atom stereocenters. The first kappa shape index (κ1) is 23.8. The summed E-state index contributed by atoms with van der Waals surface area (Å²) in [6.45, 7) is 2.67. The minimum Gasteiger partial charge on any atom is -0.490 e. The number of hydrogen-bond donors (Lipinski definition) is 1. The number of fused-ring (bicyclic) bond motifs is 1. The number of thioether (sulfide) groups is 1. The normalized spacial score (nSPS) is 16.1. The first-order valence-corrected chi connectivity index (χ1v) is 12.2. The number of aromatic nitrogens is 1. The first-order valence-electron chi connectivity index (χ1n) is 11.0. The summed E-state index contributed by atoms with van der Waals surface area (Å²) in [5, 5.41) is 16.1. The Bertz CT molecular complexity index is 1420. The van der Waals surface area contributed by atoms with Crippen molar-refractivity contribution in [2.75, 3.05) is 13.2 Å². The second-order valence-electron chi connectivity index (χ2n) is 7.84. The minimum atomic E-state index is -0.476. The molecule has 5 rings (SSSR count). The van der Waals surface area contributed by atoms with E-state index in [1.54, 1.807) is 42.7 Å². The lowest BCUT2D eigenvalue weighted by Crippen LogP contribution is -2.35. The third-order valence-corrected chi connectivity index (χ3v) is 6.69. The second kappa shape index (κ2) is 10.3. The van der Waals surface area contributed by atoms with Crippen molar-refractivity contribution in [3.63, 3.8) is 0 Å². The van der Waals surface area contributed by atoms with Gasteiger partial charge in [0.15, 0.2) is 5.84 Å². The standard InChI is InChI=1S/C26H20ClN5O3S/c1-16-13-20(8-9-22(16)27)35-12-11-34-19-6-4-17(5-7-19)14-21-23(28)32-26(30-24(21)33)36-25(31-32)18-3-2-10-29-15-18/h2-10,13-15,28H,11-12H2,1H3. The molecule has 1 N–H and O–H groups in total. The summed E-state index contributed by atoms with van der Waals surface area (Å²) in [6, 6.07) is 16.4. The van der Waals surface area contributed by atoms with Crippen molar-refractivity contribution in [2.24, 2.45) is 10.1 Å². The summed E-state index contributed by atoms with van der Waals surface area (Å²) in [4.78, 5) is 20.9. The minimum absolute atomic E-state index is 0.0219. The molecule has 0 atom stereocenters. The van der Waals surface area contributed by atoms with Crippen molar-refractivity contribution >= 4 is 51.4 Å². The van der Waals surface area contributed by atoms with E-state index in [1.807, 2.05) is 37.3 Å². The number of hydrogen-bond acceptors (Lipinski definition) is 7. The van der Waals surface area contributed by atoms with Crippen molar-refractivity contribution in [1.82, 2.24) is 9.99 Å². The van der Waals surface area contributed by atoms with Gasteiger partial charge in [0.05, 0.1) is 5.57 Å². The van der Waals surface area contributed by atoms with Crippen molar-refractivity contribution in [3.8, 4) is 11.5 Å². The number of rotatable bonds is 7. The van der Waals surface area contributed by atoms with E-state index in [9.17, 15) is 4.79 Å². The molecule has 0 fully saturated rings. The molecule has 8 nitrogen and oxygen atoms in total. The van der Waals surface area contributed by atoms with E-state index in [0.29, 0.717) is 34.2 Å². The van der Waals surface area contributed by atoms with Gasteiger partial charge < -0.3 is 9.47 Å². The van der Waals surface area contributed by atoms with Crippen LogP contribution in [-0.4, -0.2) is 45.2 Å². The van der Waals surface area contributed by atoms with Gasteiger partial charge in [-0.05, 0) is 78.4 Å². The lowest BCUT2D eigenvalue weighted by atomic mass is 10.1. The second-order valence-corrected chi connectivity index (χ2v) is 9.21. The summed E-state index contributed by atoms with van der Waals surface area (Å²) < 4.78 is 11.4. The van der Waals surface area contributed by atoms with Crippen molar-refractivity contribution in [1.29, 1.82) is 5.41 Å². The van der Waals surface area contributed by atoms with E-state index in [4.69, 9.17) is 26.5 Å². The van der Waals surface area contributed by atoms with Gasteiger partial charge in [-0.1, -0.05) is 23.7 Å². The van der Waals surface area contributed by atoms with Crippen molar-refractivity contribution in [2.45, 2.75) is 6.92 Å². The summed E-state index contributed by atoms with van der Waals surface area (Å²) in [7, 11) is 0. The molecule has 3 aromatic rings. The number of benzene rings is 2. The molecule has 10 heteroatoms. The van der Waals surface area contributed by atoms with Crippen LogP contribution in [0.1, 0.15) is 16.7 Å². The number of carbonyl (C=O) groups is 1. The van der Waals surface area contributed by atoms with Gasteiger partial charge >= 0.3 is 0 Å². The van der Waals surface area contributed by atoms with Gasteiger partial charge in [0.1, 0.15) is 29.8 Å². The van der Waals surface area contributed by atoms with Gasteiger partial charge in [0.2, 0.25) is 5.17 Å². The molecular formula is C26H20ClN5O3S. The third kappa shape index (κ3) is 5.17. The lowest BCUT2D eigenvalue weighted by Gasteiger charge is -2.20. The highest BCUT2D eigenvalue weighted by atomic mass is 35.5. The monoisotopic (exact) mass is 517 g/mol. The van der Waals surface area contributed by atoms with E-state index >= 15 is 0 Å². The van der Waals surface area contributed by atoms with Crippen LogP contribution in [0.25, 0.3) is 6.08 Å². The zero-order valence-electron chi connectivity index (χ0n) is 19.1. The predicted molar refractivity (Wildman–Crippen MR) is 142 cm³/mol. The quantitative estimate of drug-likeness (QED) is 0.343. The maximum absolute atomic E-state index is 12.6. The van der Waals surface area contributed by atoms with E-state index in [-0.39, 0.29) is 11.4 Å². The number of nitrogens with zero attached hydrogens (tertiary/aromatic N) is 4. The Kier molecular flexibility index (Phi) is 6.84. The van der Waals surface area contributed by atoms with Gasteiger partial charge in [-0.25, -0.2) is 0 Å². The number of pyridine rings is 1. The fourth-order valence-corrected chi connectivity index (χ4v) is 4.45. The van der Waals surface area contributed by atoms with Crippen LogP contribution in [0.15, 0.2) is 82.7 Å². The fraction of sp³-hybridized carbons (Fsp3) is 0.115. The molecule has 180 valence electrons. The van der Waals surface area contributed by atoms with Crippen LogP contribution in [0.3, 0.4) is 0 Å². The highest BCUT2D eigenvalue weighted by molar-refractivity contribution is 8.27. The number of aliphatic imine (C=N–C) groups is 1. The Hall–Kier alpha value is -3.95. The van der Waals surface area contributed by atoms with Crippen LogP contribution in [0, 0.1) is 12.3 Å². The van der Waals surface area contributed by atoms with Crippen molar-refractivity contribution < 1.29 is 14.3 Å². The topological polar surface area (TPSA) is 100 Å². The van der Waals surface area contributed by atoms with Gasteiger partial charge in [-0.2, -0.15) is 15.1 Å². The van der Waals surface area contributed by atoms with Crippen LogP contribution in [0.2, 0.25) is 5.02 Å². The van der Waals surface area contributed by atoms with Crippen LogP contribution in [-0.2, 0) is 4.79 Å². The van der Waals surface area contributed by atoms with E-state index < -0.39 is 5.91 Å². The van der Waals surface area contributed by atoms with Crippen LogP contribution >= 0.6 is 23.4 Å². The molecule has 2 aromatic carbocycles. The Morgan fingerprint density at radius 1 is 1.08 bits per heavy atom. The average Bonchev–Trinajstić information content (AvgIpc) is 3.32. The maximum atomic E-state index is 12.6. The zero-order chi connectivity index (χ0) is 25.1. The van der Waals surface area contributed by atoms with Crippen molar-refractivity contribution in [3.05, 3.63) is 94.3 Å². The Labute approximate surface area is 216 Å². The number of amidine groups is 2. The number of aryl methyl sites for hydroxylation is 1. The average molecular weight is 518 g/mol. The lowest BCUT2D eigenvalue weighted by molar-refractivity contribution is -0.114. The molecule has 0 bridgehead atoms. The molecule has 0 spiro atoms. The van der Waals surface area contributed by atoms with E-state index in [1.165, 1.54) is 16.8 Å². The predicted octanol–water partition coefficient (Wildman–Crippen LogP) is 5.17. The van der Waals surface area contributed by atoms with Gasteiger partial charge in [0, 0.05) is 23.0 Å². The molecule has 36 heavy (non-hydrogen) atoms. The Morgan fingerprint density at radius 3 is 2.56 bits per heavy atom. The number of hydrazone groups is 1. The van der Waals surface area contributed by atoms with Gasteiger partial charge in [0.25, 0.3) is 5.91 Å². The largest absolute Gasteiger partial charge is 0.490 e. The molecule has 2 aliphatic heterocycles. The van der Waals surface area contributed by atoms with E-state index in [2.05, 4.69) is 15.1 Å². The van der Waals surface area contributed by atoms with Crippen LogP contribution in [0.5, 0.6) is 11.5 Å². The summed E-state index contributed by atoms with van der Waals surface area (Å²) >= 11 is 7.27. The van der Waals surface area contributed by atoms with Crippen LogP contribution < -0.4 is 9.47 Å². The summed E-state index contributed by atoms with van der Waals surface area (Å²) in [6.07, 6.45) is 4.98. The summed E-state index contributed by atoms with van der Waals surface area (Å²) in [5.74, 6) is 0.906. The zero-order valence-corrected chi connectivity index (χ0v) is 20.7. The molecule has 2 aliphatic rings.